The van der Waals surface area contributed by atoms with E-state index in [2.05, 4.69) is 0 Å². The topological polar surface area (TPSA) is 59.1 Å². The van der Waals surface area contributed by atoms with Crippen molar-refractivity contribution in [1.82, 2.24) is 4.90 Å². The highest BCUT2D eigenvalue weighted by Gasteiger charge is 2.45. The molecule has 3 aliphatic rings. The number of nitrogens with zero attached hydrogens (tertiary/aromatic N) is 2. The van der Waals surface area contributed by atoms with Crippen LogP contribution >= 0.6 is 0 Å². The number of likely N-dealkylation sites (tertiary alicyclic amines) is 1. The second kappa shape index (κ2) is 7.60. The average Bonchev–Trinajstić information content (AvgIpc) is 2.71. The van der Waals surface area contributed by atoms with Crippen LogP contribution in [0.2, 0.25) is 0 Å². The van der Waals surface area contributed by atoms with Crippen LogP contribution in [0.3, 0.4) is 0 Å². The van der Waals surface area contributed by atoms with Gasteiger partial charge in [0.15, 0.2) is 0 Å². The fourth-order valence-corrected chi connectivity index (χ4v) is 4.74. The van der Waals surface area contributed by atoms with Crippen molar-refractivity contribution in [1.29, 1.82) is 0 Å². The second-order valence-electron chi connectivity index (χ2n) is 7.77. The van der Waals surface area contributed by atoms with Crippen molar-refractivity contribution >= 4 is 17.5 Å². The third-order valence-electron chi connectivity index (χ3n) is 6.32. The minimum atomic E-state index is -0.253. The largest absolute Gasteiger partial charge is 0.378 e. The molecule has 1 unspecified atom stereocenters. The number of ether oxygens (including phenoxy) is 2. The summed E-state index contributed by atoms with van der Waals surface area (Å²) in [5, 5.41) is 0. The Balaban J connectivity index is 1.41. The molecular formula is C21H28N2O4. The Hall–Kier alpha value is -1.92. The van der Waals surface area contributed by atoms with Crippen molar-refractivity contribution in [3.63, 3.8) is 0 Å². The summed E-state index contributed by atoms with van der Waals surface area (Å²) in [6.45, 7) is 2.20. The van der Waals surface area contributed by atoms with E-state index in [1.807, 2.05) is 29.2 Å². The van der Waals surface area contributed by atoms with Gasteiger partial charge in [0.25, 0.3) is 0 Å². The van der Waals surface area contributed by atoms with Crippen molar-refractivity contribution in [2.24, 2.45) is 0 Å². The molecular weight excluding hydrogens is 344 g/mol. The Labute approximate surface area is 160 Å². The maximum atomic E-state index is 12.9. The lowest BCUT2D eigenvalue weighted by molar-refractivity contribution is -0.187. The van der Waals surface area contributed by atoms with Crippen molar-refractivity contribution in [2.45, 2.75) is 50.2 Å². The molecule has 0 saturated carbocycles. The molecule has 0 N–H and O–H groups in total. The standard InChI is InChI=1S/C21H28N2O4/c1-26-18-7-4-14-27-21(18)10-12-22(13-11-21)20(25)15-23-17-6-3-2-5-16(17)8-9-19(23)24/h2-3,5-6,18H,4,7-15H2,1H3. The zero-order chi connectivity index (χ0) is 18.9. The lowest BCUT2D eigenvalue weighted by atomic mass is 9.82. The smallest absolute Gasteiger partial charge is 0.242 e. The molecule has 0 aromatic heterocycles. The molecule has 0 radical (unpaired) electrons. The molecule has 27 heavy (non-hydrogen) atoms. The zero-order valence-electron chi connectivity index (χ0n) is 16.0. The Bertz CT molecular complexity index is 712. The number of carbonyl (C=O) groups is 2. The highest BCUT2D eigenvalue weighted by molar-refractivity contribution is 6.01. The van der Waals surface area contributed by atoms with Crippen LogP contribution in [0, 0.1) is 0 Å². The van der Waals surface area contributed by atoms with Gasteiger partial charge in [0, 0.05) is 38.9 Å². The van der Waals surface area contributed by atoms with E-state index >= 15 is 0 Å². The summed E-state index contributed by atoms with van der Waals surface area (Å²) < 4.78 is 11.8. The molecule has 3 heterocycles. The van der Waals surface area contributed by atoms with Crippen LogP contribution in [-0.2, 0) is 25.5 Å². The van der Waals surface area contributed by atoms with E-state index in [1.54, 1.807) is 12.0 Å². The van der Waals surface area contributed by atoms with E-state index in [9.17, 15) is 9.59 Å². The van der Waals surface area contributed by atoms with Crippen LogP contribution in [0.1, 0.15) is 37.7 Å². The summed E-state index contributed by atoms with van der Waals surface area (Å²) in [4.78, 5) is 28.9. The van der Waals surface area contributed by atoms with Crippen LogP contribution in [0.5, 0.6) is 0 Å². The molecule has 1 atom stereocenters. The van der Waals surface area contributed by atoms with Gasteiger partial charge in [-0.3, -0.25) is 9.59 Å². The van der Waals surface area contributed by atoms with Gasteiger partial charge < -0.3 is 19.3 Å². The van der Waals surface area contributed by atoms with Crippen LogP contribution in [0.4, 0.5) is 5.69 Å². The number of carbonyl (C=O) groups excluding carboxylic acids is 2. The Morgan fingerprint density at radius 1 is 1.26 bits per heavy atom. The van der Waals surface area contributed by atoms with E-state index in [4.69, 9.17) is 9.47 Å². The molecule has 2 amide bonds. The first-order chi connectivity index (χ1) is 13.1. The molecule has 2 fully saturated rings. The number of hydrogen-bond acceptors (Lipinski definition) is 4. The zero-order valence-corrected chi connectivity index (χ0v) is 16.0. The molecule has 1 aromatic carbocycles. The average molecular weight is 372 g/mol. The molecule has 2 saturated heterocycles. The van der Waals surface area contributed by atoms with Crippen molar-refractivity contribution in [3.8, 4) is 0 Å². The molecule has 6 nitrogen and oxygen atoms in total. The minimum Gasteiger partial charge on any atom is -0.378 e. The first-order valence-corrected chi connectivity index (χ1v) is 9.96. The van der Waals surface area contributed by atoms with Gasteiger partial charge in [-0.05, 0) is 43.7 Å². The summed E-state index contributed by atoms with van der Waals surface area (Å²) in [7, 11) is 1.75. The maximum absolute atomic E-state index is 12.9. The SMILES string of the molecule is COC1CCCOC12CCN(C(=O)CN1C(=O)CCc3ccccc31)CC2. The van der Waals surface area contributed by atoms with E-state index in [1.165, 1.54) is 0 Å². The lowest BCUT2D eigenvalue weighted by Crippen LogP contribution is -2.57. The summed E-state index contributed by atoms with van der Waals surface area (Å²) in [5.41, 5.74) is 1.77. The van der Waals surface area contributed by atoms with Crippen LogP contribution in [0.15, 0.2) is 24.3 Å². The molecule has 3 aliphatic heterocycles. The van der Waals surface area contributed by atoms with Crippen molar-refractivity contribution in [3.05, 3.63) is 29.8 Å². The number of anilines is 1. The second-order valence-corrected chi connectivity index (χ2v) is 7.77. The Morgan fingerprint density at radius 2 is 2.04 bits per heavy atom. The highest BCUT2D eigenvalue weighted by Crippen LogP contribution is 2.37. The molecule has 1 spiro atoms. The summed E-state index contributed by atoms with van der Waals surface area (Å²) in [5.74, 6) is 0.0465. The highest BCUT2D eigenvalue weighted by atomic mass is 16.5. The van der Waals surface area contributed by atoms with Gasteiger partial charge in [-0.15, -0.1) is 0 Å². The molecule has 146 valence electrons. The van der Waals surface area contributed by atoms with Crippen LogP contribution < -0.4 is 4.90 Å². The predicted octanol–water partition coefficient (Wildman–Crippen LogP) is 2.15. The first kappa shape index (κ1) is 18.4. The summed E-state index contributed by atoms with van der Waals surface area (Å²) >= 11 is 0. The quantitative estimate of drug-likeness (QED) is 0.816. The number of aryl methyl sites for hydroxylation is 1. The van der Waals surface area contributed by atoms with E-state index in [0.717, 1.165) is 50.0 Å². The summed E-state index contributed by atoms with van der Waals surface area (Å²) in [6, 6.07) is 7.87. The Morgan fingerprint density at radius 3 is 2.81 bits per heavy atom. The number of piperidine rings is 1. The maximum Gasteiger partial charge on any atom is 0.242 e. The third-order valence-corrected chi connectivity index (χ3v) is 6.32. The van der Waals surface area contributed by atoms with Crippen LogP contribution in [0.25, 0.3) is 0 Å². The fourth-order valence-electron chi connectivity index (χ4n) is 4.74. The fraction of sp³-hybridized carbons (Fsp3) is 0.619. The van der Waals surface area contributed by atoms with Gasteiger partial charge in [-0.2, -0.15) is 0 Å². The summed E-state index contributed by atoms with van der Waals surface area (Å²) in [6.07, 6.45) is 4.96. The lowest BCUT2D eigenvalue weighted by Gasteiger charge is -2.48. The molecule has 6 heteroatoms. The van der Waals surface area contributed by atoms with Gasteiger partial charge in [0.2, 0.25) is 11.8 Å². The minimum absolute atomic E-state index is 0.0136. The number of benzene rings is 1. The first-order valence-electron chi connectivity index (χ1n) is 9.96. The van der Waals surface area contributed by atoms with Gasteiger partial charge in [0.05, 0.1) is 11.7 Å². The van der Waals surface area contributed by atoms with E-state index in [-0.39, 0.29) is 30.1 Å². The van der Waals surface area contributed by atoms with Gasteiger partial charge >= 0.3 is 0 Å². The third kappa shape index (κ3) is 3.48. The van der Waals surface area contributed by atoms with Gasteiger partial charge in [-0.1, -0.05) is 18.2 Å². The van der Waals surface area contributed by atoms with Gasteiger partial charge in [0.1, 0.15) is 6.54 Å². The van der Waals surface area contributed by atoms with Crippen molar-refractivity contribution < 1.29 is 19.1 Å². The molecule has 4 rings (SSSR count). The number of rotatable bonds is 3. The monoisotopic (exact) mass is 372 g/mol. The molecule has 0 aliphatic carbocycles. The molecule has 1 aromatic rings. The predicted molar refractivity (Wildman–Crippen MR) is 102 cm³/mol. The number of hydrogen-bond donors (Lipinski definition) is 0. The number of methoxy groups -OCH3 is 1. The number of para-hydroxylation sites is 1. The number of amides is 2. The van der Waals surface area contributed by atoms with E-state index in [0.29, 0.717) is 19.5 Å². The Kier molecular flexibility index (Phi) is 5.19. The van der Waals surface area contributed by atoms with Crippen LogP contribution in [-0.4, -0.2) is 61.8 Å². The van der Waals surface area contributed by atoms with Gasteiger partial charge in [-0.25, -0.2) is 0 Å². The molecule has 0 bridgehead atoms. The number of fused-ring (bicyclic) bond motifs is 1. The van der Waals surface area contributed by atoms with E-state index < -0.39 is 0 Å². The normalized spacial score (nSPS) is 24.8. The van der Waals surface area contributed by atoms with Crippen molar-refractivity contribution in [2.75, 3.05) is 38.3 Å².